The van der Waals surface area contributed by atoms with Crippen molar-refractivity contribution >= 4 is 12.0 Å². The van der Waals surface area contributed by atoms with Gasteiger partial charge in [-0.3, -0.25) is 4.79 Å². The first-order chi connectivity index (χ1) is 7.36. The maximum Gasteiger partial charge on any atom is 0.222 e. The van der Waals surface area contributed by atoms with Crippen LogP contribution in [0.25, 0.3) is 0 Å². The largest absolute Gasteiger partial charge is 0.447 e. The first-order valence-electron chi connectivity index (χ1n) is 4.53. The minimum atomic E-state index is -0.113. The van der Waals surface area contributed by atoms with Crippen LogP contribution in [0.5, 0.6) is 0 Å². The van der Waals surface area contributed by atoms with Gasteiger partial charge in [-0.2, -0.15) is 0 Å². The van der Waals surface area contributed by atoms with Crippen molar-refractivity contribution in [2.24, 2.45) is 4.99 Å². The molecule has 3 nitrogen and oxygen atoms in total. The van der Waals surface area contributed by atoms with Gasteiger partial charge in [-0.25, -0.2) is 4.99 Å². The van der Waals surface area contributed by atoms with E-state index in [4.69, 9.17) is 4.74 Å². The van der Waals surface area contributed by atoms with Gasteiger partial charge in [0, 0.05) is 17.9 Å². The lowest BCUT2D eigenvalue weighted by Crippen LogP contribution is -1.97. The third kappa shape index (κ3) is 2.40. The molecule has 15 heavy (non-hydrogen) atoms. The Hall–Kier alpha value is -2.16. The Labute approximate surface area is 87.4 Å². The second-order valence-corrected chi connectivity index (χ2v) is 2.94. The van der Waals surface area contributed by atoms with Crippen molar-refractivity contribution in [1.29, 1.82) is 0 Å². The Morgan fingerprint density at radius 2 is 2.07 bits per heavy atom. The zero-order chi connectivity index (χ0) is 10.5. The average Bonchev–Trinajstić information content (AvgIpc) is 2.31. The molecule has 1 aromatic carbocycles. The van der Waals surface area contributed by atoms with Crippen molar-refractivity contribution in [3.8, 4) is 0 Å². The lowest BCUT2D eigenvalue weighted by atomic mass is 10.1. The smallest absolute Gasteiger partial charge is 0.222 e. The van der Waals surface area contributed by atoms with E-state index in [-0.39, 0.29) is 5.78 Å². The summed E-state index contributed by atoms with van der Waals surface area (Å²) in [5, 5.41) is 0. The molecule has 0 N–H and O–H groups in total. The van der Waals surface area contributed by atoms with E-state index in [1.807, 2.05) is 18.2 Å². The van der Waals surface area contributed by atoms with Crippen molar-refractivity contribution in [2.75, 3.05) is 0 Å². The number of ketones is 1. The predicted molar refractivity (Wildman–Crippen MR) is 57.6 cm³/mol. The van der Waals surface area contributed by atoms with Crippen molar-refractivity contribution in [3.05, 3.63) is 60.2 Å². The Bertz CT molecular complexity index is 444. The fraction of sp³-hybridized carbons (Fsp3) is 0. The van der Waals surface area contributed by atoms with Gasteiger partial charge in [-0.15, -0.1) is 0 Å². The summed E-state index contributed by atoms with van der Waals surface area (Å²) in [6.07, 6.45) is 6.09. The molecule has 0 bridgehead atoms. The maximum atomic E-state index is 11.7. The van der Waals surface area contributed by atoms with Crippen molar-refractivity contribution in [3.63, 3.8) is 0 Å². The van der Waals surface area contributed by atoms with Gasteiger partial charge >= 0.3 is 0 Å². The van der Waals surface area contributed by atoms with E-state index >= 15 is 0 Å². The SMILES string of the molecule is O=C(C=C1N=CC=CO1)c1ccccc1. The number of carbonyl (C=O) groups excluding carboxylic acids is 1. The van der Waals surface area contributed by atoms with E-state index in [0.717, 1.165) is 0 Å². The summed E-state index contributed by atoms with van der Waals surface area (Å²) >= 11 is 0. The van der Waals surface area contributed by atoms with Gasteiger partial charge in [0.1, 0.15) is 0 Å². The second-order valence-electron chi connectivity index (χ2n) is 2.94. The maximum absolute atomic E-state index is 11.7. The zero-order valence-corrected chi connectivity index (χ0v) is 7.96. The van der Waals surface area contributed by atoms with Crippen LogP contribution < -0.4 is 0 Å². The Kier molecular flexibility index (Phi) is 2.74. The van der Waals surface area contributed by atoms with Crippen LogP contribution in [0, 0.1) is 0 Å². The highest BCUT2D eigenvalue weighted by Gasteiger charge is 2.04. The molecule has 1 heterocycles. The van der Waals surface area contributed by atoms with Crippen LogP contribution in [0.15, 0.2) is 59.6 Å². The number of ether oxygens (including phenoxy) is 1. The topological polar surface area (TPSA) is 38.7 Å². The van der Waals surface area contributed by atoms with E-state index in [1.54, 1.807) is 24.4 Å². The van der Waals surface area contributed by atoms with E-state index in [9.17, 15) is 4.79 Å². The minimum Gasteiger partial charge on any atom is -0.447 e. The molecule has 0 spiro atoms. The summed E-state index contributed by atoms with van der Waals surface area (Å²) in [5.74, 6) is 0.199. The number of allylic oxidation sites excluding steroid dienone is 2. The van der Waals surface area contributed by atoms with Crippen LogP contribution >= 0.6 is 0 Å². The Balaban J connectivity index is 2.17. The third-order valence-electron chi connectivity index (χ3n) is 1.87. The van der Waals surface area contributed by atoms with Gasteiger partial charge in [0.05, 0.1) is 6.26 Å². The summed E-state index contributed by atoms with van der Waals surface area (Å²) in [6.45, 7) is 0. The fourth-order valence-electron chi connectivity index (χ4n) is 1.16. The monoisotopic (exact) mass is 199 g/mol. The summed E-state index contributed by atoms with van der Waals surface area (Å²) in [4.78, 5) is 15.6. The fourth-order valence-corrected chi connectivity index (χ4v) is 1.16. The predicted octanol–water partition coefficient (Wildman–Crippen LogP) is 2.33. The number of rotatable bonds is 2. The van der Waals surface area contributed by atoms with E-state index in [1.165, 1.54) is 12.3 Å². The van der Waals surface area contributed by atoms with E-state index in [2.05, 4.69) is 4.99 Å². The molecule has 0 saturated carbocycles. The number of benzene rings is 1. The summed E-state index contributed by atoms with van der Waals surface area (Å²) in [6, 6.07) is 9.00. The highest BCUT2D eigenvalue weighted by molar-refractivity contribution is 6.04. The molecule has 1 aliphatic heterocycles. The van der Waals surface area contributed by atoms with E-state index in [0.29, 0.717) is 11.4 Å². The lowest BCUT2D eigenvalue weighted by molar-refractivity contribution is 0.104. The first kappa shape index (κ1) is 9.40. The molecule has 1 aliphatic rings. The number of hydrogen-bond donors (Lipinski definition) is 0. The van der Waals surface area contributed by atoms with Crippen LogP contribution in [0.4, 0.5) is 0 Å². The third-order valence-corrected chi connectivity index (χ3v) is 1.87. The van der Waals surface area contributed by atoms with Crippen molar-refractivity contribution < 1.29 is 9.53 Å². The van der Waals surface area contributed by atoms with Gasteiger partial charge in [0.25, 0.3) is 0 Å². The number of carbonyl (C=O) groups is 1. The van der Waals surface area contributed by atoms with Crippen LogP contribution in [0.1, 0.15) is 10.4 Å². The molecule has 0 fully saturated rings. The molecule has 0 atom stereocenters. The van der Waals surface area contributed by atoms with E-state index < -0.39 is 0 Å². The molecule has 1 aromatic rings. The summed E-state index contributed by atoms with van der Waals surface area (Å²) < 4.78 is 5.03. The molecule has 74 valence electrons. The molecule has 0 aromatic heterocycles. The highest BCUT2D eigenvalue weighted by atomic mass is 16.5. The summed E-state index contributed by atoms with van der Waals surface area (Å²) in [5.41, 5.74) is 0.623. The first-order valence-corrected chi connectivity index (χ1v) is 4.53. The molecule has 2 rings (SSSR count). The standard InChI is InChI=1S/C12H9NO2/c14-11(10-5-2-1-3-6-10)9-12-13-7-4-8-15-12/h1-9H. The normalized spacial score (nSPS) is 16.4. The van der Waals surface area contributed by atoms with Gasteiger partial charge in [0.15, 0.2) is 5.78 Å². The zero-order valence-electron chi connectivity index (χ0n) is 7.96. The van der Waals surface area contributed by atoms with Crippen LogP contribution in [-0.4, -0.2) is 12.0 Å². The Morgan fingerprint density at radius 1 is 1.27 bits per heavy atom. The molecule has 3 heteroatoms. The van der Waals surface area contributed by atoms with Gasteiger partial charge in [0.2, 0.25) is 5.88 Å². The minimum absolute atomic E-state index is 0.113. The van der Waals surface area contributed by atoms with Crippen molar-refractivity contribution in [1.82, 2.24) is 0 Å². The van der Waals surface area contributed by atoms with Crippen LogP contribution in [0.3, 0.4) is 0 Å². The molecule has 0 amide bonds. The van der Waals surface area contributed by atoms with Crippen LogP contribution in [-0.2, 0) is 4.74 Å². The molecular weight excluding hydrogens is 190 g/mol. The average molecular weight is 199 g/mol. The number of hydrogen-bond acceptors (Lipinski definition) is 3. The molecule has 0 aliphatic carbocycles. The van der Waals surface area contributed by atoms with Gasteiger partial charge in [-0.05, 0) is 6.08 Å². The molecular formula is C12H9NO2. The quantitative estimate of drug-likeness (QED) is 0.541. The van der Waals surface area contributed by atoms with Gasteiger partial charge < -0.3 is 4.74 Å². The van der Waals surface area contributed by atoms with Crippen LogP contribution in [0.2, 0.25) is 0 Å². The highest BCUT2D eigenvalue weighted by Crippen LogP contribution is 2.07. The molecule has 0 saturated heterocycles. The summed E-state index contributed by atoms with van der Waals surface area (Å²) in [7, 11) is 0. The second kappa shape index (κ2) is 4.37. The molecule has 0 radical (unpaired) electrons. The van der Waals surface area contributed by atoms with Crippen molar-refractivity contribution in [2.45, 2.75) is 0 Å². The molecule has 0 unspecified atom stereocenters. The lowest BCUT2D eigenvalue weighted by Gasteiger charge is -2.02. The van der Waals surface area contributed by atoms with Gasteiger partial charge in [-0.1, -0.05) is 30.3 Å². The number of nitrogens with zero attached hydrogens (tertiary/aromatic N) is 1. The Morgan fingerprint density at radius 3 is 2.73 bits per heavy atom. The number of aliphatic imine (C=N–C) groups is 1.